The summed E-state index contributed by atoms with van der Waals surface area (Å²) in [6, 6.07) is 4.64. The Kier molecular flexibility index (Phi) is 8.01. The van der Waals surface area contributed by atoms with Crippen LogP contribution in [0.2, 0.25) is 0 Å². The number of guanidine groups is 1. The molecule has 1 atom stereocenters. The number of likely N-dealkylation sites (N-methyl/N-ethyl adjacent to an activating group) is 1. The van der Waals surface area contributed by atoms with Crippen molar-refractivity contribution in [2.24, 2.45) is 4.99 Å². The third-order valence-corrected chi connectivity index (χ3v) is 3.44. The van der Waals surface area contributed by atoms with E-state index in [9.17, 15) is 9.18 Å². The van der Waals surface area contributed by atoms with Crippen LogP contribution in [-0.2, 0) is 4.79 Å². The molecule has 7 heteroatoms. The van der Waals surface area contributed by atoms with Gasteiger partial charge in [0.15, 0.2) is 17.5 Å². The van der Waals surface area contributed by atoms with Crippen LogP contribution >= 0.6 is 0 Å². The van der Waals surface area contributed by atoms with Crippen molar-refractivity contribution in [3.63, 3.8) is 0 Å². The first-order chi connectivity index (χ1) is 11.4. The molecular weight excluding hydrogens is 311 g/mol. The maximum atomic E-state index is 13.8. The van der Waals surface area contributed by atoms with Gasteiger partial charge in [-0.15, -0.1) is 0 Å². The molecule has 1 aromatic carbocycles. The lowest BCUT2D eigenvalue weighted by Gasteiger charge is -2.19. The largest absolute Gasteiger partial charge is 0.494 e. The first kappa shape index (κ1) is 19.7. The molecule has 0 heterocycles. The molecule has 24 heavy (non-hydrogen) atoms. The molecule has 2 N–H and O–H groups in total. The summed E-state index contributed by atoms with van der Waals surface area (Å²) in [4.78, 5) is 17.5. The van der Waals surface area contributed by atoms with Crippen molar-refractivity contribution in [3.05, 3.63) is 29.6 Å². The number of carbonyl (C=O) groups is 1. The number of aliphatic imine (C=N–C) groups is 1. The average Bonchev–Trinajstić information content (AvgIpc) is 2.56. The maximum Gasteiger partial charge on any atom is 0.243 e. The van der Waals surface area contributed by atoms with E-state index >= 15 is 0 Å². The Labute approximate surface area is 143 Å². The Bertz CT molecular complexity index is 576. The van der Waals surface area contributed by atoms with Gasteiger partial charge in [0.2, 0.25) is 5.91 Å². The van der Waals surface area contributed by atoms with Gasteiger partial charge in [0.1, 0.15) is 6.54 Å². The van der Waals surface area contributed by atoms with E-state index in [-0.39, 0.29) is 24.2 Å². The van der Waals surface area contributed by atoms with Crippen molar-refractivity contribution in [1.29, 1.82) is 0 Å². The Hall–Kier alpha value is -2.31. The van der Waals surface area contributed by atoms with E-state index in [4.69, 9.17) is 4.74 Å². The summed E-state index contributed by atoms with van der Waals surface area (Å²) >= 11 is 0. The van der Waals surface area contributed by atoms with Crippen LogP contribution in [0.1, 0.15) is 31.9 Å². The molecule has 1 rings (SSSR count). The molecule has 0 aliphatic carbocycles. The first-order valence-electron chi connectivity index (χ1n) is 7.97. The Morgan fingerprint density at radius 2 is 2.12 bits per heavy atom. The summed E-state index contributed by atoms with van der Waals surface area (Å²) in [5.41, 5.74) is 0.762. The third-order valence-electron chi connectivity index (χ3n) is 3.44. The molecule has 1 amide bonds. The highest BCUT2D eigenvalue weighted by molar-refractivity contribution is 5.85. The van der Waals surface area contributed by atoms with Crippen LogP contribution in [0.15, 0.2) is 23.2 Å². The predicted octanol–water partition coefficient (Wildman–Crippen LogP) is 1.93. The second-order valence-corrected chi connectivity index (χ2v) is 5.64. The topological polar surface area (TPSA) is 66.0 Å². The zero-order valence-electron chi connectivity index (χ0n) is 15.0. The van der Waals surface area contributed by atoms with Crippen LogP contribution < -0.4 is 15.4 Å². The fraction of sp³-hybridized carbons (Fsp3) is 0.529. The molecule has 0 saturated heterocycles. The SMILES string of the molecule is CCCNC(=NCC(=O)N(C)C)NC(C)c1ccc(OC)c(F)c1. The van der Waals surface area contributed by atoms with E-state index in [0.29, 0.717) is 5.96 Å². The highest BCUT2D eigenvalue weighted by atomic mass is 19.1. The minimum Gasteiger partial charge on any atom is -0.494 e. The second kappa shape index (κ2) is 9.75. The van der Waals surface area contributed by atoms with Crippen LogP contribution in [0.3, 0.4) is 0 Å². The first-order valence-corrected chi connectivity index (χ1v) is 7.97. The van der Waals surface area contributed by atoms with E-state index in [1.165, 1.54) is 18.1 Å². The normalized spacial score (nSPS) is 12.5. The summed E-state index contributed by atoms with van der Waals surface area (Å²) in [5, 5.41) is 6.34. The summed E-state index contributed by atoms with van der Waals surface area (Å²) in [5.74, 6) is 0.235. The van der Waals surface area contributed by atoms with Gasteiger partial charge in [0.05, 0.1) is 13.2 Å². The smallest absolute Gasteiger partial charge is 0.243 e. The number of hydrogen-bond acceptors (Lipinski definition) is 3. The molecule has 0 radical (unpaired) electrons. The summed E-state index contributed by atoms with van der Waals surface area (Å²) < 4.78 is 18.8. The fourth-order valence-electron chi connectivity index (χ4n) is 1.92. The number of benzene rings is 1. The zero-order valence-corrected chi connectivity index (χ0v) is 15.0. The van der Waals surface area contributed by atoms with Gasteiger partial charge >= 0.3 is 0 Å². The lowest BCUT2D eigenvalue weighted by Crippen LogP contribution is -2.40. The van der Waals surface area contributed by atoms with E-state index < -0.39 is 5.82 Å². The van der Waals surface area contributed by atoms with Gasteiger partial charge in [-0.2, -0.15) is 0 Å². The number of amides is 1. The predicted molar refractivity (Wildman–Crippen MR) is 93.8 cm³/mol. The minimum absolute atomic E-state index is 0.0513. The fourth-order valence-corrected chi connectivity index (χ4v) is 1.92. The monoisotopic (exact) mass is 338 g/mol. The van der Waals surface area contributed by atoms with Gasteiger partial charge in [-0.25, -0.2) is 9.38 Å². The maximum absolute atomic E-state index is 13.8. The molecule has 0 saturated carbocycles. The van der Waals surface area contributed by atoms with Gasteiger partial charge in [0.25, 0.3) is 0 Å². The highest BCUT2D eigenvalue weighted by Gasteiger charge is 2.12. The van der Waals surface area contributed by atoms with Crippen LogP contribution in [0.25, 0.3) is 0 Å². The van der Waals surface area contributed by atoms with Gasteiger partial charge in [-0.05, 0) is 31.0 Å². The van der Waals surface area contributed by atoms with E-state index in [1.807, 2.05) is 13.8 Å². The number of ether oxygens (including phenoxy) is 1. The molecular formula is C17H27FN4O2. The van der Waals surface area contributed by atoms with Gasteiger partial charge in [-0.3, -0.25) is 4.79 Å². The standard InChI is InChI=1S/C17H27FN4O2/c1-6-9-19-17(20-11-16(23)22(3)4)21-12(2)13-7-8-15(24-5)14(18)10-13/h7-8,10,12H,6,9,11H2,1-5H3,(H2,19,20,21). The summed E-state index contributed by atoms with van der Waals surface area (Å²) in [6.07, 6.45) is 0.924. The lowest BCUT2D eigenvalue weighted by atomic mass is 10.1. The number of nitrogens with one attached hydrogen (secondary N) is 2. The molecule has 0 aliphatic heterocycles. The van der Waals surface area contributed by atoms with Crippen molar-refractivity contribution in [2.45, 2.75) is 26.3 Å². The molecule has 1 unspecified atom stereocenters. The number of rotatable bonds is 7. The number of nitrogens with zero attached hydrogens (tertiary/aromatic N) is 2. The van der Waals surface area contributed by atoms with E-state index in [1.54, 1.807) is 26.2 Å². The Balaban J connectivity index is 2.82. The van der Waals surface area contributed by atoms with Gasteiger partial charge < -0.3 is 20.3 Å². The zero-order chi connectivity index (χ0) is 18.1. The second-order valence-electron chi connectivity index (χ2n) is 5.64. The Morgan fingerprint density at radius 3 is 2.67 bits per heavy atom. The van der Waals surface area contributed by atoms with Crippen molar-refractivity contribution >= 4 is 11.9 Å². The minimum atomic E-state index is -0.411. The number of halogens is 1. The third kappa shape index (κ3) is 6.06. The molecule has 0 aromatic heterocycles. The molecule has 134 valence electrons. The number of methoxy groups -OCH3 is 1. The van der Waals surface area contributed by atoms with Crippen molar-refractivity contribution < 1.29 is 13.9 Å². The van der Waals surface area contributed by atoms with Crippen LogP contribution in [-0.4, -0.2) is 51.1 Å². The van der Waals surface area contributed by atoms with Crippen molar-refractivity contribution in [1.82, 2.24) is 15.5 Å². The van der Waals surface area contributed by atoms with Crippen molar-refractivity contribution in [3.8, 4) is 5.75 Å². The molecule has 0 aliphatic rings. The average molecular weight is 338 g/mol. The van der Waals surface area contributed by atoms with Crippen LogP contribution in [0, 0.1) is 5.82 Å². The van der Waals surface area contributed by atoms with Crippen LogP contribution in [0.4, 0.5) is 4.39 Å². The molecule has 0 fully saturated rings. The highest BCUT2D eigenvalue weighted by Crippen LogP contribution is 2.21. The quantitative estimate of drug-likeness (QED) is 0.589. The van der Waals surface area contributed by atoms with Crippen LogP contribution in [0.5, 0.6) is 5.75 Å². The van der Waals surface area contributed by atoms with E-state index in [2.05, 4.69) is 15.6 Å². The molecule has 1 aromatic rings. The number of carbonyl (C=O) groups excluding carboxylic acids is 1. The molecule has 6 nitrogen and oxygen atoms in total. The lowest BCUT2D eigenvalue weighted by molar-refractivity contribution is -0.127. The van der Waals surface area contributed by atoms with Crippen molar-refractivity contribution in [2.75, 3.05) is 34.3 Å². The molecule has 0 bridgehead atoms. The number of hydrogen-bond donors (Lipinski definition) is 2. The summed E-state index contributed by atoms with van der Waals surface area (Å²) in [7, 11) is 4.81. The van der Waals surface area contributed by atoms with Gasteiger partial charge in [0, 0.05) is 20.6 Å². The molecule has 0 spiro atoms. The Morgan fingerprint density at radius 1 is 1.42 bits per heavy atom. The summed E-state index contributed by atoms with van der Waals surface area (Å²) in [6.45, 7) is 4.72. The van der Waals surface area contributed by atoms with E-state index in [0.717, 1.165) is 18.5 Å². The van der Waals surface area contributed by atoms with Gasteiger partial charge in [-0.1, -0.05) is 13.0 Å².